The molecule has 2 rings (SSSR count). The summed E-state index contributed by atoms with van der Waals surface area (Å²) in [7, 11) is 2.20. The minimum Gasteiger partial charge on any atom is -0.374 e. The molecule has 106 valence electrons. The second-order valence-corrected chi connectivity index (χ2v) is 5.73. The summed E-state index contributed by atoms with van der Waals surface area (Å²) in [6, 6.07) is 6.96. The zero-order valence-corrected chi connectivity index (χ0v) is 12.5. The first-order valence-corrected chi connectivity index (χ1v) is 7.85. The van der Waals surface area contributed by atoms with Crippen LogP contribution in [0.4, 0.5) is 5.69 Å². The van der Waals surface area contributed by atoms with Gasteiger partial charge in [0.15, 0.2) is 0 Å². The normalized spacial score (nSPS) is 14.5. The number of nitrogens with one attached hydrogen (secondary N) is 1. The predicted molar refractivity (Wildman–Crippen MR) is 83.9 cm³/mol. The zero-order chi connectivity index (χ0) is 13.5. The van der Waals surface area contributed by atoms with Crippen LogP contribution < -0.4 is 10.2 Å². The lowest BCUT2D eigenvalue weighted by atomic mass is 9.99. The summed E-state index contributed by atoms with van der Waals surface area (Å²) in [6.45, 7) is 5.62. The molecule has 0 unspecified atom stereocenters. The molecule has 1 aromatic rings. The van der Waals surface area contributed by atoms with E-state index in [9.17, 15) is 0 Å². The number of anilines is 1. The fourth-order valence-corrected chi connectivity index (χ4v) is 2.86. The van der Waals surface area contributed by atoms with Gasteiger partial charge in [-0.15, -0.1) is 0 Å². The molecule has 2 nitrogen and oxygen atoms in total. The van der Waals surface area contributed by atoms with Gasteiger partial charge in [0.05, 0.1) is 0 Å². The van der Waals surface area contributed by atoms with Crippen LogP contribution in [0.3, 0.4) is 0 Å². The Morgan fingerprint density at radius 1 is 1.21 bits per heavy atom. The number of unbranched alkanes of at least 4 members (excludes halogenated alkanes) is 3. The highest BCUT2D eigenvalue weighted by Crippen LogP contribution is 2.26. The van der Waals surface area contributed by atoms with E-state index in [2.05, 4.69) is 42.4 Å². The fourth-order valence-electron chi connectivity index (χ4n) is 2.86. The molecule has 19 heavy (non-hydrogen) atoms. The van der Waals surface area contributed by atoms with E-state index in [-0.39, 0.29) is 0 Å². The molecule has 1 aliphatic heterocycles. The Labute approximate surface area is 118 Å². The Kier molecular flexibility index (Phi) is 5.71. The Balaban J connectivity index is 1.78. The van der Waals surface area contributed by atoms with E-state index in [0.717, 1.165) is 13.1 Å². The van der Waals surface area contributed by atoms with Gasteiger partial charge in [-0.3, -0.25) is 0 Å². The van der Waals surface area contributed by atoms with Gasteiger partial charge < -0.3 is 10.2 Å². The molecule has 0 radical (unpaired) electrons. The average Bonchev–Trinajstić information content (AvgIpc) is 2.43. The first-order valence-electron chi connectivity index (χ1n) is 7.85. The van der Waals surface area contributed by atoms with Gasteiger partial charge in [-0.25, -0.2) is 0 Å². The molecule has 0 amide bonds. The fraction of sp³-hybridized carbons (Fsp3) is 0.647. The molecule has 0 fully saturated rings. The van der Waals surface area contributed by atoms with Crippen LogP contribution >= 0.6 is 0 Å². The number of hydrogen-bond donors (Lipinski definition) is 1. The van der Waals surface area contributed by atoms with Crippen molar-refractivity contribution >= 4 is 5.69 Å². The quantitative estimate of drug-likeness (QED) is 0.751. The van der Waals surface area contributed by atoms with Gasteiger partial charge in [0, 0.05) is 25.8 Å². The van der Waals surface area contributed by atoms with Gasteiger partial charge in [0.2, 0.25) is 0 Å². The van der Waals surface area contributed by atoms with Crippen LogP contribution in [0.5, 0.6) is 0 Å². The molecular weight excluding hydrogens is 232 g/mol. The van der Waals surface area contributed by atoms with Crippen LogP contribution in [-0.2, 0) is 13.0 Å². The topological polar surface area (TPSA) is 15.3 Å². The first kappa shape index (κ1) is 14.4. The lowest BCUT2D eigenvalue weighted by Crippen LogP contribution is -2.25. The van der Waals surface area contributed by atoms with Crippen molar-refractivity contribution in [3.63, 3.8) is 0 Å². The van der Waals surface area contributed by atoms with Gasteiger partial charge in [0.1, 0.15) is 0 Å². The average molecular weight is 260 g/mol. The van der Waals surface area contributed by atoms with Crippen LogP contribution in [0.25, 0.3) is 0 Å². The van der Waals surface area contributed by atoms with E-state index in [1.807, 2.05) is 0 Å². The number of aryl methyl sites for hydroxylation is 1. The summed E-state index contributed by atoms with van der Waals surface area (Å²) >= 11 is 0. The lowest BCUT2D eigenvalue weighted by molar-refractivity contribution is 0.597. The number of nitrogens with zero attached hydrogens (tertiary/aromatic N) is 1. The summed E-state index contributed by atoms with van der Waals surface area (Å²) in [5, 5.41) is 3.56. The molecule has 0 aliphatic carbocycles. The Morgan fingerprint density at radius 2 is 2.11 bits per heavy atom. The highest BCUT2D eigenvalue weighted by atomic mass is 15.1. The minimum absolute atomic E-state index is 1.02. The van der Waals surface area contributed by atoms with Gasteiger partial charge in [-0.2, -0.15) is 0 Å². The van der Waals surface area contributed by atoms with Crippen molar-refractivity contribution in [2.45, 2.75) is 52.0 Å². The van der Waals surface area contributed by atoms with E-state index in [1.165, 1.54) is 61.9 Å². The molecule has 0 bridgehead atoms. The monoisotopic (exact) mass is 260 g/mol. The molecule has 1 N–H and O–H groups in total. The predicted octanol–water partition coefficient (Wildman–Crippen LogP) is 3.74. The largest absolute Gasteiger partial charge is 0.374 e. The SMILES string of the molecule is CCCCCCNCc1ccc2c(c1)CCCN2C. The van der Waals surface area contributed by atoms with E-state index >= 15 is 0 Å². The third-order valence-corrected chi connectivity index (χ3v) is 4.03. The molecule has 0 atom stereocenters. The third kappa shape index (κ3) is 4.24. The van der Waals surface area contributed by atoms with Crippen LogP contribution in [-0.4, -0.2) is 20.1 Å². The van der Waals surface area contributed by atoms with Crippen molar-refractivity contribution in [2.75, 3.05) is 25.0 Å². The van der Waals surface area contributed by atoms with Crippen molar-refractivity contribution in [1.29, 1.82) is 0 Å². The number of hydrogen-bond acceptors (Lipinski definition) is 2. The van der Waals surface area contributed by atoms with Crippen molar-refractivity contribution in [3.8, 4) is 0 Å². The molecule has 0 aromatic heterocycles. The highest BCUT2D eigenvalue weighted by molar-refractivity contribution is 5.56. The molecule has 1 aliphatic rings. The van der Waals surface area contributed by atoms with Crippen molar-refractivity contribution in [1.82, 2.24) is 5.32 Å². The number of benzene rings is 1. The minimum atomic E-state index is 1.02. The molecule has 1 heterocycles. The zero-order valence-electron chi connectivity index (χ0n) is 12.5. The van der Waals surface area contributed by atoms with E-state index in [1.54, 1.807) is 0 Å². The molecular formula is C17H28N2. The molecule has 0 saturated heterocycles. The van der Waals surface area contributed by atoms with Gasteiger partial charge >= 0.3 is 0 Å². The maximum atomic E-state index is 3.56. The maximum Gasteiger partial charge on any atom is 0.0396 e. The second kappa shape index (κ2) is 7.54. The van der Waals surface area contributed by atoms with Crippen molar-refractivity contribution in [3.05, 3.63) is 29.3 Å². The van der Waals surface area contributed by atoms with Gasteiger partial charge in [-0.1, -0.05) is 38.3 Å². The number of rotatable bonds is 7. The number of fused-ring (bicyclic) bond motifs is 1. The second-order valence-electron chi connectivity index (χ2n) is 5.73. The molecule has 1 aromatic carbocycles. The summed E-state index contributed by atoms with van der Waals surface area (Å²) in [6.07, 6.45) is 7.88. The molecule has 0 spiro atoms. The molecule has 2 heteroatoms. The van der Waals surface area contributed by atoms with Crippen LogP contribution in [0.2, 0.25) is 0 Å². The first-order chi connectivity index (χ1) is 9.31. The smallest absolute Gasteiger partial charge is 0.0396 e. The molecule has 0 saturated carbocycles. The van der Waals surface area contributed by atoms with Crippen molar-refractivity contribution in [2.24, 2.45) is 0 Å². The van der Waals surface area contributed by atoms with Gasteiger partial charge in [-0.05, 0) is 43.0 Å². The van der Waals surface area contributed by atoms with Crippen molar-refractivity contribution < 1.29 is 0 Å². The van der Waals surface area contributed by atoms with E-state index in [0.29, 0.717) is 0 Å². The van der Waals surface area contributed by atoms with Crippen LogP contribution in [0.15, 0.2) is 18.2 Å². The van der Waals surface area contributed by atoms with Crippen LogP contribution in [0.1, 0.15) is 50.2 Å². The maximum absolute atomic E-state index is 3.56. The highest BCUT2D eigenvalue weighted by Gasteiger charge is 2.13. The Bertz CT molecular complexity index is 387. The van der Waals surface area contributed by atoms with Crippen LogP contribution in [0, 0.1) is 0 Å². The summed E-state index contributed by atoms with van der Waals surface area (Å²) in [5.74, 6) is 0. The summed E-state index contributed by atoms with van der Waals surface area (Å²) in [5.41, 5.74) is 4.39. The standard InChI is InChI=1S/C17H28N2/c1-3-4-5-6-11-18-14-15-9-10-17-16(13-15)8-7-12-19(17)2/h9-10,13,18H,3-8,11-12,14H2,1-2H3. The lowest BCUT2D eigenvalue weighted by Gasteiger charge is -2.27. The Morgan fingerprint density at radius 3 is 2.95 bits per heavy atom. The van der Waals surface area contributed by atoms with Gasteiger partial charge in [0.25, 0.3) is 0 Å². The van der Waals surface area contributed by atoms with E-state index in [4.69, 9.17) is 0 Å². The third-order valence-electron chi connectivity index (χ3n) is 4.03. The summed E-state index contributed by atoms with van der Waals surface area (Å²) in [4.78, 5) is 2.38. The summed E-state index contributed by atoms with van der Waals surface area (Å²) < 4.78 is 0. The Hall–Kier alpha value is -1.02. The van der Waals surface area contributed by atoms with E-state index < -0.39 is 0 Å².